The van der Waals surface area contributed by atoms with Crippen LogP contribution in [0.25, 0.3) is 11.4 Å². The highest BCUT2D eigenvalue weighted by Gasteiger charge is 2.14. The van der Waals surface area contributed by atoms with Crippen LogP contribution >= 0.6 is 11.6 Å². The Morgan fingerprint density at radius 1 is 1.32 bits per heavy atom. The molecule has 0 aliphatic rings. The number of nitrogens with two attached hydrogens (primary N) is 1. The van der Waals surface area contributed by atoms with E-state index in [-0.39, 0.29) is 35.5 Å². The summed E-state index contributed by atoms with van der Waals surface area (Å²) < 4.78 is 24.2. The third-order valence-electron chi connectivity index (χ3n) is 3.46. The third-order valence-corrected chi connectivity index (χ3v) is 3.69. The smallest absolute Gasteiger partial charge is 0.264 e. The molecule has 3 rings (SSSR count). The van der Waals surface area contributed by atoms with E-state index < -0.39 is 5.91 Å². The van der Waals surface area contributed by atoms with E-state index in [1.165, 1.54) is 24.3 Å². The molecule has 0 bridgehead atoms. The zero-order valence-corrected chi connectivity index (χ0v) is 13.9. The van der Waals surface area contributed by atoms with E-state index in [2.05, 4.69) is 10.1 Å². The molecule has 25 heavy (non-hydrogen) atoms. The SMILES string of the molecule is Cc1ccc(-c2noc(COc3cc(Cl)ccc3C(N)=O)n2)cc1F. The Morgan fingerprint density at radius 2 is 2.12 bits per heavy atom. The molecule has 128 valence electrons. The molecule has 0 aliphatic heterocycles. The highest BCUT2D eigenvalue weighted by Crippen LogP contribution is 2.24. The monoisotopic (exact) mass is 361 g/mol. The number of carbonyl (C=O) groups excluding carboxylic acids is 1. The highest BCUT2D eigenvalue weighted by molar-refractivity contribution is 6.30. The van der Waals surface area contributed by atoms with E-state index in [1.54, 1.807) is 19.1 Å². The Labute approximate surface area is 147 Å². The summed E-state index contributed by atoms with van der Waals surface area (Å²) in [5, 5.41) is 4.18. The van der Waals surface area contributed by atoms with Gasteiger partial charge in [-0.1, -0.05) is 28.9 Å². The van der Waals surface area contributed by atoms with Gasteiger partial charge in [0.05, 0.1) is 5.56 Å². The molecule has 2 N–H and O–H groups in total. The van der Waals surface area contributed by atoms with E-state index in [4.69, 9.17) is 26.6 Å². The van der Waals surface area contributed by atoms with Crippen molar-refractivity contribution in [3.8, 4) is 17.1 Å². The number of nitrogens with zero attached hydrogens (tertiary/aromatic N) is 2. The predicted octanol–water partition coefficient (Wildman–Crippen LogP) is 3.52. The fraction of sp³-hybridized carbons (Fsp3) is 0.118. The fourth-order valence-electron chi connectivity index (χ4n) is 2.12. The maximum Gasteiger partial charge on any atom is 0.264 e. The first-order chi connectivity index (χ1) is 11.9. The van der Waals surface area contributed by atoms with Crippen LogP contribution < -0.4 is 10.5 Å². The predicted molar refractivity (Wildman–Crippen MR) is 88.7 cm³/mol. The number of primary amides is 1. The average Bonchev–Trinajstić information content (AvgIpc) is 3.04. The summed E-state index contributed by atoms with van der Waals surface area (Å²) in [6, 6.07) is 9.11. The van der Waals surface area contributed by atoms with Crippen LogP contribution in [0.2, 0.25) is 5.02 Å². The third kappa shape index (κ3) is 3.77. The molecular formula is C17H13ClFN3O3. The van der Waals surface area contributed by atoms with Gasteiger partial charge in [0.2, 0.25) is 5.82 Å². The van der Waals surface area contributed by atoms with Gasteiger partial charge in [0.1, 0.15) is 11.6 Å². The molecule has 6 nitrogen and oxygen atoms in total. The molecule has 0 saturated heterocycles. The lowest BCUT2D eigenvalue weighted by Gasteiger charge is -2.07. The lowest BCUT2D eigenvalue weighted by atomic mass is 10.1. The van der Waals surface area contributed by atoms with Crippen LogP contribution in [0.15, 0.2) is 40.9 Å². The van der Waals surface area contributed by atoms with Crippen molar-refractivity contribution in [1.82, 2.24) is 10.1 Å². The summed E-state index contributed by atoms with van der Waals surface area (Å²) in [4.78, 5) is 15.5. The van der Waals surface area contributed by atoms with Gasteiger partial charge in [-0.05, 0) is 36.8 Å². The van der Waals surface area contributed by atoms with Crippen LogP contribution in [0, 0.1) is 12.7 Å². The molecule has 0 radical (unpaired) electrons. The Balaban J connectivity index is 1.77. The normalized spacial score (nSPS) is 10.7. The molecule has 0 unspecified atom stereocenters. The molecule has 0 aliphatic carbocycles. The second-order valence-corrected chi connectivity index (χ2v) is 5.71. The number of carbonyl (C=O) groups is 1. The minimum Gasteiger partial charge on any atom is -0.483 e. The maximum atomic E-state index is 13.6. The number of halogens is 2. The number of hydrogen-bond donors (Lipinski definition) is 1. The van der Waals surface area contributed by atoms with Crippen LogP contribution in [-0.4, -0.2) is 16.0 Å². The van der Waals surface area contributed by atoms with Crippen molar-refractivity contribution < 1.29 is 18.4 Å². The topological polar surface area (TPSA) is 91.2 Å². The molecule has 8 heteroatoms. The Morgan fingerprint density at radius 3 is 2.84 bits per heavy atom. The molecule has 3 aromatic rings. The summed E-state index contributed by atoms with van der Waals surface area (Å²) in [5.41, 5.74) is 6.48. The number of aryl methyl sites for hydroxylation is 1. The van der Waals surface area contributed by atoms with Crippen LogP contribution in [0.3, 0.4) is 0 Å². The minimum atomic E-state index is -0.645. The van der Waals surface area contributed by atoms with Gasteiger partial charge in [-0.3, -0.25) is 4.79 Å². The van der Waals surface area contributed by atoms with Crippen LogP contribution in [-0.2, 0) is 6.61 Å². The Kier molecular flexibility index (Phi) is 4.67. The zero-order valence-electron chi connectivity index (χ0n) is 13.1. The molecule has 0 atom stereocenters. The average molecular weight is 362 g/mol. The summed E-state index contributed by atoms with van der Waals surface area (Å²) in [6.45, 7) is 1.57. The summed E-state index contributed by atoms with van der Waals surface area (Å²) in [7, 11) is 0. The molecule has 0 fully saturated rings. The zero-order chi connectivity index (χ0) is 18.0. The number of amides is 1. The number of aromatic nitrogens is 2. The van der Waals surface area contributed by atoms with Crippen LogP contribution in [0.5, 0.6) is 5.75 Å². The molecular weight excluding hydrogens is 349 g/mol. The van der Waals surface area contributed by atoms with E-state index in [1.807, 2.05) is 0 Å². The summed E-state index contributed by atoms with van der Waals surface area (Å²) in [5.74, 6) is -0.399. The van der Waals surface area contributed by atoms with Gasteiger partial charge in [-0.15, -0.1) is 0 Å². The molecule has 1 heterocycles. The van der Waals surface area contributed by atoms with E-state index >= 15 is 0 Å². The number of ether oxygens (including phenoxy) is 1. The molecule has 1 amide bonds. The second-order valence-electron chi connectivity index (χ2n) is 5.27. The largest absolute Gasteiger partial charge is 0.483 e. The van der Waals surface area contributed by atoms with Gasteiger partial charge < -0.3 is 15.0 Å². The summed E-state index contributed by atoms with van der Waals surface area (Å²) >= 11 is 5.90. The van der Waals surface area contributed by atoms with Gasteiger partial charge in [0, 0.05) is 10.6 Å². The number of hydrogen-bond acceptors (Lipinski definition) is 5. The van der Waals surface area contributed by atoms with Gasteiger partial charge in [0.15, 0.2) is 6.61 Å². The van der Waals surface area contributed by atoms with Gasteiger partial charge in [-0.25, -0.2) is 4.39 Å². The van der Waals surface area contributed by atoms with Crippen LogP contribution in [0.1, 0.15) is 21.8 Å². The Hall–Kier alpha value is -2.93. The maximum absolute atomic E-state index is 13.6. The minimum absolute atomic E-state index is 0.0953. The fourth-order valence-corrected chi connectivity index (χ4v) is 2.28. The lowest BCUT2D eigenvalue weighted by Crippen LogP contribution is -2.13. The molecule has 1 aromatic heterocycles. The lowest BCUT2D eigenvalue weighted by molar-refractivity contribution is 0.0995. The van der Waals surface area contributed by atoms with E-state index in [0.717, 1.165) is 0 Å². The number of benzene rings is 2. The molecule has 2 aromatic carbocycles. The van der Waals surface area contributed by atoms with Crippen molar-refractivity contribution in [3.05, 3.63) is 64.3 Å². The standard InChI is InChI=1S/C17H13ClFN3O3/c1-9-2-3-10(6-13(9)19)17-21-15(25-22-17)8-24-14-7-11(18)4-5-12(14)16(20)23/h2-7H,8H2,1H3,(H2,20,23). The van der Waals surface area contributed by atoms with E-state index in [9.17, 15) is 9.18 Å². The van der Waals surface area contributed by atoms with Crippen molar-refractivity contribution in [2.75, 3.05) is 0 Å². The van der Waals surface area contributed by atoms with Gasteiger partial charge >= 0.3 is 0 Å². The second kappa shape index (κ2) is 6.90. The first kappa shape index (κ1) is 16.9. The van der Waals surface area contributed by atoms with Crippen molar-refractivity contribution in [2.24, 2.45) is 5.73 Å². The van der Waals surface area contributed by atoms with Crippen molar-refractivity contribution in [1.29, 1.82) is 0 Å². The van der Waals surface area contributed by atoms with Crippen LogP contribution in [0.4, 0.5) is 4.39 Å². The highest BCUT2D eigenvalue weighted by atomic mass is 35.5. The van der Waals surface area contributed by atoms with Gasteiger partial charge in [-0.2, -0.15) is 4.98 Å². The summed E-state index contributed by atoms with van der Waals surface area (Å²) in [6.07, 6.45) is 0. The van der Waals surface area contributed by atoms with Gasteiger partial charge in [0.25, 0.3) is 11.8 Å². The molecule has 0 saturated carbocycles. The first-order valence-corrected chi connectivity index (χ1v) is 7.63. The van der Waals surface area contributed by atoms with Crippen molar-refractivity contribution in [2.45, 2.75) is 13.5 Å². The van der Waals surface area contributed by atoms with Crippen molar-refractivity contribution >= 4 is 17.5 Å². The quantitative estimate of drug-likeness (QED) is 0.750. The molecule has 0 spiro atoms. The Bertz CT molecular complexity index is 943. The van der Waals surface area contributed by atoms with Crippen molar-refractivity contribution in [3.63, 3.8) is 0 Å². The number of rotatable bonds is 5. The van der Waals surface area contributed by atoms with E-state index in [0.29, 0.717) is 16.1 Å². The first-order valence-electron chi connectivity index (χ1n) is 7.25.